The van der Waals surface area contributed by atoms with Crippen LogP contribution in [0.4, 0.5) is 15.8 Å². The average molecular weight is 593 g/mol. The van der Waals surface area contributed by atoms with Crippen molar-refractivity contribution in [1.29, 1.82) is 0 Å². The number of imide groups is 1. The van der Waals surface area contributed by atoms with Gasteiger partial charge in [-0.1, -0.05) is 23.8 Å². The molecule has 0 aromatic heterocycles. The highest BCUT2D eigenvalue weighted by molar-refractivity contribution is 9.12. The third-order valence-corrected chi connectivity index (χ3v) is 8.52. The van der Waals surface area contributed by atoms with Gasteiger partial charge in [-0.25, -0.2) is 9.29 Å². The molecule has 11 heteroatoms. The number of fused-ring (bicyclic) bond motifs is 3. The molecule has 1 fully saturated rings. The van der Waals surface area contributed by atoms with E-state index >= 15 is 0 Å². The number of phenolic OH excluding ortho intramolecular Hbond substituents is 1. The number of amides is 2. The van der Waals surface area contributed by atoms with Gasteiger partial charge in [0.25, 0.3) is 5.69 Å². The summed E-state index contributed by atoms with van der Waals surface area (Å²) in [5.74, 6) is -6.55. The summed E-state index contributed by atoms with van der Waals surface area (Å²) in [4.78, 5) is 65.3. The van der Waals surface area contributed by atoms with Gasteiger partial charge in [0.15, 0.2) is 23.1 Å². The summed E-state index contributed by atoms with van der Waals surface area (Å²) in [6.07, 6.45) is 3.13. The summed E-state index contributed by atoms with van der Waals surface area (Å²) in [6, 6.07) is 8.99. The van der Waals surface area contributed by atoms with Crippen LogP contribution in [0, 0.1) is 33.7 Å². The van der Waals surface area contributed by atoms with Crippen molar-refractivity contribution >= 4 is 50.7 Å². The minimum atomic E-state index is -0.902. The molecule has 4 aliphatic rings. The van der Waals surface area contributed by atoms with E-state index < -0.39 is 63.5 Å². The molecule has 0 bridgehead atoms. The fourth-order valence-electron chi connectivity index (χ4n) is 6.29. The molecule has 1 heterocycles. The number of phenols is 1. The second-order valence-electron chi connectivity index (χ2n) is 9.89. The van der Waals surface area contributed by atoms with Crippen molar-refractivity contribution in [3.05, 3.63) is 97.3 Å². The first kappa shape index (κ1) is 25.1. The van der Waals surface area contributed by atoms with Gasteiger partial charge in [0.2, 0.25) is 11.8 Å². The van der Waals surface area contributed by atoms with Crippen LogP contribution in [0.5, 0.6) is 5.75 Å². The fraction of sp³-hybridized carbons (Fsp3) is 0.214. The van der Waals surface area contributed by atoms with Gasteiger partial charge in [-0.2, -0.15) is 0 Å². The topological polar surface area (TPSA) is 135 Å². The highest BCUT2D eigenvalue weighted by atomic mass is 79.9. The Balaban J connectivity index is 1.48. The molecule has 2 aromatic carbocycles. The quantitative estimate of drug-likeness (QED) is 0.183. The number of Topliss-reactive ketones (excluding diaryl/α,β-unsaturated/α-hetero) is 1. The predicted octanol–water partition coefficient (Wildman–Crippen LogP) is 4.41. The van der Waals surface area contributed by atoms with E-state index in [-0.39, 0.29) is 39.8 Å². The lowest BCUT2D eigenvalue weighted by Gasteiger charge is -2.42. The maximum atomic E-state index is 14.5. The molecule has 1 saturated heterocycles. The molecule has 0 radical (unpaired) electrons. The Kier molecular flexibility index (Phi) is 5.72. The molecule has 0 spiro atoms. The third-order valence-electron chi connectivity index (χ3n) is 7.94. The van der Waals surface area contributed by atoms with Gasteiger partial charge >= 0.3 is 0 Å². The molecule has 4 atom stereocenters. The molecule has 2 amide bonds. The summed E-state index contributed by atoms with van der Waals surface area (Å²) in [7, 11) is 0. The minimum absolute atomic E-state index is 0.0225. The molecule has 1 aliphatic heterocycles. The van der Waals surface area contributed by atoms with Crippen LogP contribution in [0.15, 0.2) is 75.8 Å². The summed E-state index contributed by atoms with van der Waals surface area (Å²) in [5, 5.41) is 21.0. The number of hydrogen-bond donors (Lipinski definition) is 1. The number of ketones is 2. The molecule has 0 saturated carbocycles. The largest absolute Gasteiger partial charge is 0.505 e. The number of carbonyl (C=O) groups excluding carboxylic acids is 4. The maximum absolute atomic E-state index is 14.5. The lowest BCUT2D eigenvalue weighted by molar-refractivity contribution is -0.384. The van der Waals surface area contributed by atoms with E-state index in [0.717, 1.165) is 23.1 Å². The van der Waals surface area contributed by atoms with Crippen molar-refractivity contribution in [3.63, 3.8) is 0 Å². The Morgan fingerprint density at radius 3 is 2.54 bits per heavy atom. The number of allylic oxidation sites excluding steroid dienone is 6. The molecule has 9 nitrogen and oxygen atoms in total. The molecule has 1 N–H and O–H groups in total. The van der Waals surface area contributed by atoms with E-state index in [1.807, 2.05) is 0 Å². The van der Waals surface area contributed by atoms with Crippen LogP contribution >= 0.6 is 15.9 Å². The van der Waals surface area contributed by atoms with Gasteiger partial charge in [0.05, 0.1) is 26.9 Å². The lowest BCUT2D eigenvalue weighted by atomic mass is 9.59. The van der Waals surface area contributed by atoms with Crippen LogP contribution in [0.1, 0.15) is 24.3 Å². The lowest BCUT2D eigenvalue weighted by Crippen LogP contribution is -2.39. The summed E-state index contributed by atoms with van der Waals surface area (Å²) in [6.45, 7) is 0. The molecule has 39 heavy (non-hydrogen) atoms. The number of benzene rings is 2. The normalized spacial score (nSPS) is 26.2. The SMILES string of the molecule is O=C1C=C(Br)C(=O)C2=C1[C@@H](c1ccc(O)c(F)c1)C1=CC[C@@H]3C(=O)N(c4cccc([N+](=O)[O-])c4)C(=O)[C@@H]3[C@@H]1C2. The minimum Gasteiger partial charge on any atom is -0.505 e. The van der Waals surface area contributed by atoms with Crippen LogP contribution in [0.25, 0.3) is 0 Å². The zero-order valence-corrected chi connectivity index (χ0v) is 21.6. The van der Waals surface area contributed by atoms with Gasteiger partial charge in [0, 0.05) is 35.3 Å². The summed E-state index contributed by atoms with van der Waals surface area (Å²) < 4.78 is 14.5. The van der Waals surface area contributed by atoms with Gasteiger partial charge in [0.1, 0.15) is 0 Å². The first-order valence-electron chi connectivity index (χ1n) is 12.1. The van der Waals surface area contributed by atoms with Crippen molar-refractivity contribution in [2.75, 3.05) is 4.90 Å². The molecule has 6 rings (SSSR count). The summed E-state index contributed by atoms with van der Waals surface area (Å²) in [5.41, 5.74) is 1.12. The number of hydrogen-bond acceptors (Lipinski definition) is 7. The van der Waals surface area contributed by atoms with E-state index in [1.165, 1.54) is 30.3 Å². The van der Waals surface area contributed by atoms with Crippen LogP contribution in [0.3, 0.4) is 0 Å². The molecule has 3 aliphatic carbocycles. The van der Waals surface area contributed by atoms with Gasteiger partial charge in [-0.15, -0.1) is 0 Å². The van der Waals surface area contributed by atoms with E-state index in [1.54, 1.807) is 6.08 Å². The maximum Gasteiger partial charge on any atom is 0.271 e. The Morgan fingerprint density at radius 2 is 1.82 bits per heavy atom. The van der Waals surface area contributed by atoms with Crippen LogP contribution in [-0.2, 0) is 19.2 Å². The highest BCUT2D eigenvalue weighted by Crippen LogP contribution is 2.55. The van der Waals surface area contributed by atoms with Gasteiger partial charge in [-0.05, 0) is 58.5 Å². The third kappa shape index (κ3) is 3.71. The average Bonchev–Trinajstić information content (AvgIpc) is 3.17. The van der Waals surface area contributed by atoms with Gasteiger partial charge < -0.3 is 5.11 Å². The van der Waals surface area contributed by atoms with Crippen molar-refractivity contribution in [2.45, 2.75) is 18.8 Å². The van der Waals surface area contributed by atoms with E-state index in [0.29, 0.717) is 11.1 Å². The summed E-state index contributed by atoms with van der Waals surface area (Å²) >= 11 is 3.14. The highest BCUT2D eigenvalue weighted by Gasteiger charge is 2.56. The van der Waals surface area contributed by atoms with Crippen molar-refractivity contribution in [3.8, 4) is 5.75 Å². The smallest absolute Gasteiger partial charge is 0.271 e. The molecule has 2 aromatic rings. The number of non-ortho nitro benzene ring substituents is 1. The monoisotopic (exact) mass is 592 g/mol. The Labute approximate surface area is 228 Å². The molecule has 196 valence electrons. The van der Waals surface area contributed by atoms with Crippen LogP contribution < -0.4 is 4.90 Å². The first-order chi connectivity index (χ1) is 18.6. The molecular weight excluding hydrogens is 575 g/mol. The standard InChI is InChI=1S/C28H18BrFN2O7/c29-19-11-22(34)25-18(26(19)35)10-17-15(23(25)12-4-7-21(33)20(30)8-12)5-6-16-24(17)28(37)31(27(16)36)13-2-1-3-14(9-13)32(38)39/h1-5,7-9,11,16-17,23-24,33H,6,10H2/t16-,17+,23-,24-/m0/s1. The predicted molar refractivity (Wildman–Crippen MR) is 138 cm³/mol. The van der Waals surface area contributed by atoms with Gasteiger partial charge in [-0.3, -0.25) is 29.3 Å². The number of nitro groups is 1. The number of aromatic hydroxyl groups is 1. The number of rotatable bonds is 3. The fourth-order valence-corrected chi connectivity index (χ4v) is 6.74. The zero-order chi connectivity index (χ0) is 27.7. The van der Waals surface area contributed by atoms with Crippen molar-refractivity contribution in [2.24, 2.45) is 17.8 Å². The number of carbonyl (C=O) groups is 4. The van der Waals surface area contributed by atoms with E-state index in [9.17, 15) is 38.8 Å². The Bertz CT molecular complexity index is 1640. The van der Waals surface area contributed by atoms with Crippen molar-refractivity contribution < 1.29 is 33.6 Å². The second kappa shape index (κ2) is 8.91. The molecular formula is C28H18BrFN2O7. The second-order valence-corrected chi connectivity index (χ2v) is 10.7. The number of nitrogens with zero attached hydrogens (tertiary/aromatic N) is 2. The number of halogens is 2. The van der Waals surface area contributed by atoms with E-state index in [4.69, 9.17) is 0 Å². The zero-order valence-electron chi connectivity index (χ0n) is 20.0. The van der Waals surface area contributed by atoms with Crippen LogP contribution in [0.2, 0.25) is 0 Å². The van der Waals surface area contributed by atoms with Crippen LogP contribution in [-0.4, -0.2) is 33.4 Å². The van der Waals surface area contributed by atoms with Crippen molar-refractivity contribution in [1.82, 2.24) is 0 Å². The number of anilines is 1. The first-order valence-corrected chi connectivity index (χ1v) is 12.9. The molecule has 0 unspecified atom stereocenters. The van der Waals surface area contributed by atoms with E-state index in [2.05, 4.69) is 15.9 Å². The number of nitro benzene ring substituents is 1. The Hall–Kier alpha value is -4.25. The Morgan fingerprint density at radius 1 is 1.05 bits per heavy atom.